The van der Waals surface area contributed by atoms with E-state index in [0.29, 0.717) is 24.0 Å². The van der Waals surface area contributed by atoms with E-state index in [-0.39, 0.29) is 5.56 Å². The molecule has 0 spiro atoms. The van der Waals surface area contributed by atoms with Crippen molar-refractivity contribution in [1.29, 1.82) is 0 Å². The highest BCUT2D eigenvalue weighted by atomic mass is 32.1. The van der Waals surface area contributed by atoms with Gasteiger partial charge in [0.1, 0.15) is 6.61 Å². The molecule has 0 saturated heterocycles. The summed E-state index contributed by atoms with van der Waals surface area (Å²) in [7, 11) is 0. The smallest absolute Gasteiger partial charge is 0.299 e. The summed E-state index contributed by atoms with van der Waals surface area (Å²) in [5, 5.41) is 3.94. The average Bonchev–Trinajstić information content (AvgIpc) is 3.19. The van der Waals surface area contributed by atoms with E-state index in [0.717, 1.165) is 21.8 Å². The van der Waals surface area contributed by atoms with Gasteiger partial charge in [0.15, 0.2) is 10.9 Å². The van der Waals surface area contributed by atoms with Crippen molar-refractivity contribution in [1.82, 2.24) is 14.9 Å². The number of hydrogen-bond acceptors (Lipinski definition) is 5. The summed E-state index contributed by atoms with van der Waals surface area (Å²) < 4.78 is 7.29. The first-order valence-electron chi connectivity index (χ1n) is 9.95. The molecular formula is C25H23N3O2S. The summed E-state index contributed by atoms with van der Waals surface area (Å²) in [6.45, 7) is 7.09. The number of aromatic nitrogens is 2. The van der Waals surface area contributed by atoms with Crippen molar-refractivity contribution >= 4 is 17.0 Å². The van der Waals surface area contributed by atoms with Crippen molar-refractivity contribution in [2.75, 3.05) is 0 Å². The Morgan fingerprint density at radius 1 is 1.03 bits per heavy atom. The van der Waals surface area contributed by atoms with Gasteiger partial charge in [-0.2, -0.15) is 0 Å². The number of rotatable bonds is 8. The third-order valence-electron chi connectivity index (χ3n) is 4.76. The average molecular weight is 430 g/mol. The molecule has 0 bridgehead atoms. The molecule has 0 unspecified atom stereocenters. The molecule has 31 heavy (non-hydrogen) atoms. The first-order valence-corrected chi connectivity index (χ1v) is 10.8. The van der Waals surface area contributed by atoms with Gasteiger partial charge < -0.3 is 10.1 Å². The molecule has 0 aliphatic heterocycles. The maximum Gasteiger partial charge on any atom is 0.299 e. The van der Waals surface area contributed by atoms with Gasteiger partial charge in [0.05, 0.1) is 10.6 Å². The summed E-state index contributed by atoms with van der Waals surface area (Å²) in [6, 6.07) is 23.4. The lowest BCUT2D eigenvalue weighted by atomic mass is 10.2. The summed E-state index contributed by atoms with van der Waals surface area (Å²) in [4.78, 5) is 18.5. The fraction of sp³-hybridized carbons (Fsp3) is 0.120. The Balaban J connectivity index is 1.51. The number of hydrogen-bond donors (Lipinski definition) is 1. The third-order valence-corrected chi connectivity index (χ3v) is 5.98. The highest BCUT2D eigenvalue weighted by Crippen LogP contribution is 2.26. The molecule has 4 rings (SSSR count). The number of nitrogens with zero attached hydrogens (tertiary/aromatic N) is 2. The van der Waals surface area contributed by atoms with Crippen molar-refractivity contribution in [3.05, 3.63) is 118 Å². The van der Waals surface area contributed by atoms with Gasteiger partial charge in [-0.3, -0.25) is 9.36 Å². The molecule has 0 saturated carbocycles. The molecule has 5 nitrogen and oxygen atoms in total. The Labute approximate surface area is 185 Å². The number of thiazole rings is 1. The van der Waals surface area contributed by atoms with Crippen LogP contribution in [0.5, 0.6) is 5.75 Å². The summed E-state index contributed by atoms with van der Waals surface area (Å²) in [6.07, 6.45) is 1.71. The molecule has 156 valence electrons. The van der Waals surface area contributed by atoms with Crippen LogP contribution in [0.1, 0.15) is 21.7 Å². The van der Waals surface area contributed by atoms with Crippen LogP contribution in [0.3, 0.4) is 0 Å². The van der Waals surface area contributed by atoms with Crippen LogP contribution < -0.4 is 15.6 Å². The lowest BCUT2D eigenvalue weighted by Crippen LogP contribution is -2.19. The SMILES string of the molecule is C=C(NCc1ccccc1)c1sc(-n2cccc(OCc3ccccc3)c2=O)nc1C. The van der Waals surface area contributed by atoms with Gasteiger partial charge in [0.25, 0.3) is 5.56 Å². The maximum atomic E-state index is 13.0. The van der Waals surface area contributed by atoms with Gasteiger partial charge in [-0.05, 0) is 30.2 Å². The molecule has 1 N–H and O–H groups in total. The summed E-state index contributed by atoms with van der Waals surface area (Å²) in [5.41, 5.74) is 3.56. The second-order valence-electron chi connectivity index (χ2n) is 7.05. The Hall–Kier alpha value is -3.64. The molecule has 0 radical (unpaired) electrons. The zero-order chi connectivity index (χ0) is 21.6. The van der Waals surface area contributed by atoms with Crippen molar-refractivity contribution in [2.24, 2.45) is 0 Å². The van der Waals surface area contributed by atoms with Crippen LogP contribution in [0.25, 0.3) is 10.8 Å². The van der Waals surface area contributed by atoms with Crippen LogP contribution in [0.15, 0.2) is 90.4 Å². The van der Waals surface area contributed by atoms with E-state index in [2.05, 4.69) is 29.0 Å². The van der Waals surface area contributed by atoms with Crippen LogP contribution in [-0.2, 0) is 13.2 Å². The van der Waals surface area contributed by atoms with E-state index in [1.807, 2.05) is 55.5 Å². The molecule has 2 aromatic heterocycles. The minimum Gasteiger partial charge on any atom is -0.483 e. The van der Waals surface area contributed by atoms with Gasteiger partial charge in [-0.15, -0.1) is 0 Å². The molecule has 0 atom stereocenters. The maximum absolute atomic E-state index is 13.0. The van der Waals surface area contributed by atoms with Gasteiger partial charge >= 0.3 is 0 Å². The Morgan fingerprint density at radius 2 is 1.71 bits per heavy atom. The number of benzene rings is 2. The van der Waals surface area contributed by atoms with E-state index in [9.17, 15) is 4.79 Å². The summed E-state index contributed by atoms with van der Waals surface area (Å²) in [5.74, 6) is 0.293. The number of aryl methyl sites for hydroxylation is 1. The largest absolute Gasteiger partial charge is 0.483 e. The topological polar surface area (TPSA) is 56.2 Å². The predicted molar refractivity (Wildman–Crippen MR) is 126 cm³/mol. The van der Waals surface area contributed by atoms with Crippen molar-refractivity contribution in [3.63, 3.8) is 0 Å². The van der Waals surface area contributed by atoms with Crippen LogP contribution in [0, 0.1) is 6.92 Å². The van der Waals surface area contributed by atoms with Crippen LogP contribution in [0.2, 0.25) is 0 Å². The Kier molecular flexibility index (Phi) is 6.29. The van der Waals surface area contributed by atoms with Crippen LogP contribution in [-0.4, -0.2) is 9.55 Å². The molecule has 6 heteroatoms. The molecule has 4 aromatic rings. The van der Waals surface area contributed by atoms with Crippen molar-refractivity contribution < 1.29 is 4.74 Å². The standard InChI is InChI=1S/C25H23N3O2S/c1-18(26-16-20-10-5-3-6-11-20)23-19(2)27-25(31-23)28-15-9-14-22(24(28)29)30-17-21-12-7-4-8-13-21/h3-15,26H,1,16-17H2,2H3. The fourth-order valence-corrected chi connectivity index (χ4v) is 4.12. The van der Waals surface area contributed by atoms with Gasteiger partial charge in [-0.1, -0.05) is 78.6 Å². The van der Waals surface area contributed by atoms with E-state index < -0.39 is 0 Å². The first kappa shape index (κ1) is 20.6. The second-order valence-corrected chi connectivity index (χ2v) is 8.03. The van der Waals surface area contributed by atoms with Gasteiger partial charge in [-0.25, -0.2) is 4.98 Å². The molecule has 2 heterocycles. The number of pyridine rings is 1. The van der Waals surface area contributed by atoms with E-state index >= 15 is 0 Å². The minimum atomic E-state index is -0.235. The fourth-order valence-electron chi connectivity index (χ4n) is 3.12. The third kappa shape index (κ3) is 4.92. The first-order chi connectivity index (χ1) is 15.1. The Bertz CT molecular complexity index is 1230. The van der Waals surface area contributed by atoms with Gasteiger partial charge in [0, 0.05) is 18.4 Å². The Morgan fingerprint density at radius 3 is 2.42 bits per heavy atom. The number of nitrogens with one attached hydrogen (secondary N) is 1. The summed E-state index contributed by atoms with van der Waals surface area (Å²) >= 11 is 1.43. The lowest BCUT2D eigenvalue weighted by molar-refractivity contribution is 0.300. The van der Waals surface area contributed by atoms with Crippen LogP contribution >= 0.6 is 11.3 Å². The molecule has 0 aliphatic rings. The molecule has 0 aliphatic carbocycles. The predicted octanol–water partition coefficient (Wildman–Crippen LogP) is 4.94. The quantitative estimate of drug-likeness (QED) is 0.431. The van der Waals surface area contributed by atoms with Crippen molar-refractivity contribution in [3.8, 4) is 10.9 Å². The lowest BCUT2D eigenvalue weighted by Gasteiger charge is -2.08. The van der Waals surface area contributed by atoms with Gasteiger partial charge in [0.2, 0.25) is 0 Å². The zero-order valence-electron chi connectivity index (χ0n) is 17.2. The normalized spacial score (nSPS) is 10.6. The highest BCUT2D eigenvalue weighted by molar-refractivity contribution is 7.15. The highest BCUT2D eigenvalue weighted by Gasteiger charge is 2.14. The van der Waals surface area contributed by atoms with E-state index in [1.165, 1.54) is 21.5 Å². The molecule has 0 amide bonds. The van der Waals surface area contributed by atoms with Crippen LogP contribution in [0.4, 0.5) is 0 Å². The monoisotopic (exact) mass is 429 g/mol. The molecule has 2 aromatic carbocycles. The van der Waals surface area contributed by atoms with Crippen molar-refractivity contribution in [2.45, 2.75) is 20.1 Å². The molecular weight excluding hydrogens is 406 g/mol. The minimum absolute atomic E-state index is 0.235. The van der Waals surface area contributed by atoms with E-state index in [1.54, 1.807) is 18.3 Å². The van der Waals surface area contributed by atoms with E-state index in [4.69, 9.17) is 4.74 Å². The second kappa shape index (κ2) is 9.45. The zero-order valence-corrected chi connectivity index (χ0v) is 18.1. The molecule has 0 fully saturated rings. The number of ether oxygens (including phenoxy) is 1.